The highest BCUT2D eigenvalue weighted by Crippen LogP contribution is 2.38. The highest BCUT2D eigenvalue weighted by Gasteiger charge is 2.34. The van der Waals surface area contributed by atoms with Gasteiger partial charge in [-0.1, -0.05) is 29.8 Å². The van der Waals surface area contributed by atoms with E-state index in [2.05, 4.69) is 17.9 Å². The van der Waals surface area contributed by atoms with Gasteiger partial charge >= 0.3 is 0 Å². The first-order chi connectivity index (χ1) is 12.1. The number of halogens is 1. The van der Waals surface area contributed by atoms with E-state index in [4.69, 9.17) is 16.3 Å². The zero-order valence-electron chi connectivity index (χ0n) is 13.2. The largest absolute Gasteiger partial charge is 0.497 e. The van der Waals surface area contributed by atoms with Gasteiger partial charge < -0.3 is 15.0 Å². The Morgan fingerprint density at radius 3 is 2.52 bits per heavy atom. The average Bonchev–Trinajstić information content (AvgIpc) is 2.62. The van der Waals surface area contributed by atoms with Crippen LogP contribution in [0.2, 0.25) is 5.02 Å². The number of carbonyl (C=O) groups is 1. The Morgan fingerprint density at radius 2 is 1.92 bits per heavy atom. The minimum Gasteiger partial charge on any atom is -0.497 e. The van der Waals surface area contributed by atoms with E-state index in [-0.39, 0.29) is 10.6 Å². The number of anilines is 1. The van der Waals surface area contributed by atoms with E-state index < -0.39 is 12.1 Å². The number of ether oxygens (including phenoxy) is 1. The van der Waals surface area contributed by atoms with E-state index in [1.54, 1.807) is 30.2 Å². The molecule has 7 heteroatoms. The van der Waals surface area contributed by atoms with Crippen LogP contribution in [0.1, 0.15) is 11.7 Å². The first-order valence-electron chi connectivity index (χ1n) is 7.38. The topological polar surface area (TPSA) is 65.4 Å². The predicted molar refractivity (Wildman–Crippen MR) is 99.4 cm³/mol. The Balaban J connectivity index is 2.16. The zero-order chi connectivity index (χ0) is 18.0. The normalized spacial score (nSPS) is 17.1. The van der Waals surface area contributed by atoms with Gasteiger partial charge in [0, 0.05) is 16.3 Å². The number of methoxy groups -OCH3 is 1. The minimum atomic E-state index is -0.584. The molecule has 0 saturated carbocycles. The van der Waals surface area contributed by atoms with E-state index in [1.807, 2.05) is 36.4 Å². The SMILES string of the molecule is COc1ccc(N2C(S)=C(C#N)C(=O)N[C@H]2c2ccccc2Cl)cc1. The molecule has 1 atom stereocenters. The highest BCUT2D eigenvalue weighted by atomic mass is 35.5. The van der Waals surface area contributed by atoms with Crippen LogP contribution in [0.15, 0.2) is 59.1 Å². The maximum atomic E-state index is 12.3. The Labute approximate surface area is 155 Å². The smallest absolute Gasteiger partial charge is 0.266 e. The number of benzene rings is 2. The van der Waals surface area contributed by atoms with E-state index in [9.17, 15) is 10.1 Å². The third-order valence-corrected chi connectivity index (χ3v) is 4.65. The molecule has 2 aromatic rings. The van der Waals surface area contributed by atoms with Gasteiger partial charge in [-0.15, -0.1) is 12.6 Å². The molecule has 0 unspecified atom stereocenters. The second-order valence-electron chi connectivity index (χ2n) is 5.28. The summed E-state index contributed by atoms with van der Waals surface area (Å²) in [6.07, 6.45) is -0.584. The molecular formula is C18H14ClN3O2S. The lowest BCUT2D eigenvalue weighted by Gasteiger charge is -2.38. The summed E-state index contributed by atoms with van der Waals surface area (Å²) >= 11 is 10.8. The van der Waals surface area contributed by atoms with Crippen molar-refractivity contribution in [3.05, 3.63) is 69.7 Å². The fraction of sp³-hybridized carbons (Fsp3) is 0.111. The Kier molecular flexibility index (Phi) is 4.88. The third-order valence-electron chi connectivity index (χ3n) is 3.87. The Bertz CT molecular complexity index is 890. The van der Waals surface area contributed by atoms with Gasteiger partial charge in [0.25, 0.3) is 5.91 Å². The molecule has 0 fully saturated rings. The fourth-order valence-corrected chi connectivity index (χ4v) is 3.26. The predicted octanol–water partition coefficient (Wildman–Crippen LogP) is 3.65. The summed E-state index contributed by atoms with van der Waals surface area (Å²) in [5.74, 6) is 0.214. The summed E-state index contributed by atoms with van der Waals surface area (Å²) in [6.45, 7) is 0. The molecule has 0 saturated heterocycles. The Hall–Kier alpha value is -2.62. The number of hydrogen-bond donors (Lipinski definition) is 2. The van der Waals surface area contributed by atoms with E-state index >= 15 is 0 Å². The molecule has 0 spiro atoms. The molecule has 1 N–H and O–H groups in total. The van der Waals surface area contributed by atoms with Gasteiger partial charge in [0.2, 0.25) is 0 Å². The van der Waals surface area contributed by atoms with Crippen molar-refractivity contribution >= 4 is 35.8 Å². The van der Waals surface area contributed by atoms with Crippen LogP contribution in [0.5, 0.6) is 5.75 Å². The van der Waals surface area contributed by atoms with Crippen molar-refractivity contribution in [3.63, 3.8) is 0 Å². The van der Waals surface area contributed by atoms with Crippen molar-refractivity contribution in [2.75, 3.05) is 12.0 Å². The first kappa shape index (κ1) is 17.2. The van der Waals surface area contributed by atoms with E-state index in [1.165, 1.54) is 0 Å². The second kappa shape index (κ2) is 7.09. The lowest BCUT2D eigenvalue weighted by atomic mass is 10.1. The average molecular weight is 372 g/mol. The number of amides is 1. The fourth-order valence-electron chi connectivity index (χ4n) is 2.63. The van der Waals surface area contributed by atoms with Crippen LogP contribution < -0.4 is 15.0 Å². The van der Waals surface area contributed by atoms with Crippen LogP contribution in [-0.2, 0) is 4.79 Å². The highest BCUT2D eigenvalue weighted by molar-refractivity contribution is 7.84. The van der Waals surface area contributed by atoms with Gasteiger partial charge in [-0.25, -0.2) is 0 Å². The number of hydrogen-bond acceptors (Lipinski definition) is 5. The van der Waals surface area contributed by atoms with Crippen LogP contribution in [0, 0.1) is 11.3 Å². The number of carbonyl (C=O) groups excluding carboxylic acids is 1. The van der Waals surface area contributed by atoms with Gasteiger partial charge in [0.1, 0.15) is 23.6 Å². The molecule has 25 heavy (non-hydrogen) atoms. The Morgan fingerprint density at radius 1 is 1.24 bits per heavy atom. The summed E-state index contributed by atoms with van der Waals surface area (Å²) < 4.78 is 5.18. The van der Waals surface area contributed by atoms with Crippen LogP contribution in [0.25, 0.3) is 0 Å². The summed E-state index contributed by atoms with van der Waals surface area (Å²) in [7, 11) is 1.58. The molecule has 1 aliphatic rings. The van der Waals surface area contributed by atoms with E-state index in [0.717, 1.165) is 5.69 Å². The summed E-state index contributed by atoms with van der Waals surface area (Å²) in [4.78, 5) is 14.0. The summed E-state index contributed by atoms with van der Waals surface area (Å²) in [5, 5.41) is 12.9. The molecule has 2 aromatic carbocycles. The molecule has 0 aliphatic carbocycles. The molecule has 0 radical (unpaired) electrons. The standard InChI is InChI=1S/C18H14ClN3O2S/c1-24-12-8-6-11(7-9-12)22-16(13-4-2-3-5-15(13)19)21-17(23)14(10-20)18(22)25/h2-9,16,25H,1H3,(H,21,23)/t16-/m1/s1. The summed E-state index contributed by atoms with van der Waals surface area (Å²) in [6, 6.07) is 16.4. The van der Waals surface area contributed by atoms with Crippen molar-refractivity contribution in [3.8, 4) is 11.8 Å². The van der Waals surface area contributed by atoms with Gasteiger partial charge in [0.15, 0.2) is 0 Å². The number of thiol groups is 1. The van der Waals surface area contributed by atoms with Crippen LogP contribution in [0.3, 0.4) is 0 Å². The molecular weight excluding hydrogens is 358 g/mol. The number of nitrogens with zero attached hydrogens (tertiary/aromatic N) is 2. The zero-order valence-corrected chi connectivity index (χ0v) is 14.9. The maximum Gasteiger partial charge on any atom is 0.266 e. The van der Waals surface area contributed by atoms with Gasteiger partial charge in [-0.05, 0) is 30.3 Å². The molecule has 1 aliphatic heterocycles. The lowest BCUT2D eigenvalue weighted by molar-refractivity contribution is -0.118. The number of nitriles is 1. The molecule has 126 valence electrons. The summed E-state index contributed by atoms with van der Waals surface area (Å²) in [5.41, 5.74) is 1.39. The maximum absolute atomic E-state index is 12.3. The van der Waals surface area contributed by atoms with Gasteiger partial charge in [-0.2, -0.15) is 5.26 Å². The third kappa shape index (κ3) is 3.16. The van der Waals surface area contributed by atoms with Crippen molar-refractivity contribution in [1.82, 2.24) is 5.32 Å². The van der Waals surface area contributed by atoms with Crippen molar-refractivity contribution in [2.45, 2.75) is 6.17 Å². The lowest BCUT2D eigenvalue weighted by Crippen LogP contribution is -2.46. The van der Waals surface area contributed by atoms with Crippen LogP contribution in [-0.4, -0.2) is 13.0 Å². The van der Waals surface area contributed by atoms with Gasteiger partial charge in [0.05, 0.1) is 12.1 Å². The molecule has 1 amide bonds. The van der Waals surface area contributed by atoms with Crippen LogP contribution >= 0.6 is 24.2 Å². The molecule has 1 heterocycles. The minimum absolute atomic E-state index is 0.0533. The molecule has 0 aromatic heterocycles. The number of nitrogens with one attached hydrogen (secondary N) is 1. The van der Waals surface area contributed by atoms with Crippen molar-refractivity contribution < 1.29 is 9.53 Å². The molecule has 0 bridgehead atoms. The second-order valence-corrected chi connectivity index (χ2v) is 6.11. The number of rotatable bonds is 3. The quantitative estimate of drug-likeness (QED) is 0.808. The monoisotopic (exact) mass is 371 g/mol. The molecule has 5 nitrogen and oxygen atoms in total. The van der Waals surface area contributed by atoms with Crippen molar-refractivity contribution in [2.24, 2.45) is 0 Å². The van der Waals surface area contributed by atoms with Gasteiger partial charge in [-0.3, -0.25) is 4.79 Å². The first-order valence-corrected chi connectivity index (χ1v) is 8.21. The van der Waals surface area contributed by atoms with Crippen LogP contribution in [0.4, 0.5) is 5.69 Å². The molecule has 3 rings (SSSR count). The van der Waals surface area contributed by atoms with E-state index in [0.29, 0.717) is 16.3 Å². The van der Waals surface area contributed by atoms with Crippen molar-refractivity contribution in [1.29, 1.82) is 5.26 Å².